The van der Waals surface area contributed by atoms with Crippen molar-refractivity contribution in [3.8, 4) is 0 Å². The van der Waals surface area contributed by atoms with Crippen LogP contribution in [0.4, 0.5) is 13.2 Å². The third kappa shape index (κ3) is 3.35. The Morgan fingerprint density at radius 3 is 2.13 bits per heavy atom. The van der Waals surface area contributed by atoms with Gasteiger partial charge in [-0.15, -0.1) is 0 Å². The normalized spacial score (nSPS) is 21.8. The summed E-state index contributed by atoms with van der Waals surface area (Å²) in [5.41, 5.74) is -5.21. The summed E-state index contributed by atoms with van der Waals surface area (Å²) in [6.45, 7) is 1.20. The number of nitrogens with zero attached hydrogens (tertiary/aromatic N) is 1. The van der Waals surface area contributed by atoms with Gasteiger partial charge in [0.2, 0.25) is 0 Å². The molecule has 0 amide bonds. The van der Waals surface area contributed by atoms with Crippen LogP contribution in [0.3, 0.4) is 0 Å². The standard InChI is InChI=1S/C6H12BF3N2O2S/c7-12-3-1-5(2-4-12)11-15(13,14)6(8,9)10/h5,11H,1-4,7H2. The number of piperidine rings is 1. The number of halogens is 3. The van der Waals surface area contributed by atoms with Crippen LogP contribution >= 0.6 is 0 Å². The molecule has 0 aliphatic carbocycles. The van der Waals surface area contributed by atoms with Crippen LogP contribution in [0.25, 0.3) is 0 Å². The van der Waals surface area contributed by atoms with Gasteiger partial charge in [0.25, 0.3) is 0 Å². The van der Waals surface area contributed by atoms with Crippen LogP contribution in [-0.4, -0.2) is 45.8 Å². The van der Waals surface area contributed by atoms with E-state index in [9.17, 15) is 21.6 Å². The Morgan fingerprint density at radius 1 is 1.27 bits per heavy atom. The molecule has 4 nitrogen and oxygen atoms in total. The molecule has 0 bridgehead atoms. The first kappa shape index (κ1) is 12.8. The molecule has 88 valence electrons. The molecule has 0 atom stereocenters. The molecule has 0 aromatic carbocycles. The topological polar surface area (TPSA) is 49.4 Å². The summed E-state index contributed by atoms with van der Waals surface area (Å²) >= 11 is 0. The lowest BCUT2D eigenvalue weighted by Crippen LogP contribution is -2.47. The molecule has 0 radical (unpaired) electrons. The van der Waals surface area contributed by atoms with Crippen molar-refractivity contribution in [3.05, 3.63) is 0 Å². The van der Waals surface area contributed by atoms with Crippen molar-refractivity contribution in [2.75, 3.05) is 13.1 Å². The number of rotatable bonds is 2. The van der Waals surface area contributed by atoms with Crippen LogP contribution in [0.1, 0.15) is 12.8 Å². The number of alkyl halides is 3. The van der Waals surface area contributed by atoms with E-state index in [4.69, 9.17) is 0 Å². The predicted octanol–water partition coefficient (Wildman–Crippen LogP) is -0.562. The smallest absolute Gasteiger partial charge is 0.349 e. The van der Waals surface area contributed by atoms with Crippen LogP contribution in [0.5, 0.6) is 0 Å². The SMILES string of the molecule is BN1CCC(NS(=O)(=O)C(F)(F)F)CC1. The van der Waals surface area contributed by atoms with E-state index in [0.717, 1.165) is 0 Å². The molecule has 0 saturated carbocycles. The van der Waals surface area contributed by atoms with E-state index < -0.39 is 21.6 Å². The minimum Gasteiger partial charge on any atom is -0.349 e. The van der Waals surface area contributed by atoms with E-state index in [2.05, 4.69) is 0 Å². The van der Waals surface area contributed by atoms with Crippen molar-refractivity contribution >= 4 is 18.0 Å². The van der Waals surface area contributed by atoms with Gasteiger partial charge in [-0.05, 0) is 25.9 Å². The summed E-state index contributed by atoms with van der Waals surface area (Å²) in [5, 5.41) is 0. The number of hydrogen-bond acceptors (Lipinski definition) is 3. The Kier molecular flexibility index (Phi) is 3.67. The minimum absolute atomic E-state index is 0.409. The second kappa shape index (κ2) is 4.30. The minimum atomic E-state index is -5.21. The molecule has 1 saturated heterocycles. The van der Waals surface area contributed by atoms with E-state index in [1.165, 1.54) is 0 Å². The van der Waals surface area contributed by atoms with Gasteiger partial charge >= 0.3 is 15.5 Å². The van der Waals surface area contributed by atoms with Crippen LogP contribution in [0, 0.1) is 0 Å². The Balaban J connectivity index is 2.56. The largest absolute Gasteiger partial charge is 0.511 e. The summed E-state index contributed by atoms with van der Waals surface area (Å²) in [6.07, 6.45) is 0.817. The lowest BCUT2D eigenvalue weighted by molar-refractivity contribution is -0.0452. The molecule has 0 aromatic heterocycles. The number of hydrogen-bond donors (Lipinski definition) is 1. The second-order valence-corrected chi connectivity index (χ2v) is 5.35. The molecular weight excluding hydrogens is 232 g/mol. The van der Waals surface area contributed by atoms with Gasteiger partial charge in [-0.3, -0.25) is 0 Å². The maximum Gasteiger partial charge on any atom is 0.511 e. The third-order valence-corrected chi connectivity index (χ3v) is 3.60. The van der Waals surface area contributed by atoms with Crippen molar-refractivity contribution in [3.63, 3.8) is 0 Å². The van der Waals surface area contributed by atoms with Crippen LogP contribution in [0.15, 0.2) is 0 Å². The zero-order chi connectivity index (χ0) is 11.7. The average molecular weight is 244 g/mol. The highest BCUT2D eigenvalue weighted by molar-refractivity contribution is 7.90. The average Bonchev–Trinajstić information content (AvgIpc) is 2.06. The highest BCUT2D eigenvalue weighted by Crippen LogP contribution is 2.23. The molecule has 1 aliphatic heterocycles. The highest BCUT2D eigenvalue weighted by Gasteiger charge is 2.46. The van der Waals surface area contributed by atoms with Gasteiger partial charge in [0.15, 0.2) is 7.98 Å². The van der Waals surface area contributed by atoms with Gasteiger partial charge in [-0.1, -0.05) is 0 Å². The van der Waals surface area contributed by atoms with Crippen LogP contribution < -0.4 is 4.72 Å². The van der Waals surface area contributed by atoms with Crippen molar-refractivity contribution < 1.29 is 21.6 Å². The van der Waals surface area contributed by atoms with E-state index in [-0.39, 0.29) is 0 Å². The molecule has 9 heteroatoms. The summed E-state index contributed by atoms with van der Waals surface area (Å²) in [7, 11) is -3.34. The first-order valence-electron chi connectivity index (χ1n) is 4.49. The molecule has 15 heavy (non-hydrogen) atoms. The summed E-state index contributed by atoms with van der Waals surface area (Å²) in [4.78, 5) is 1.94. The monoisotopic (exact) mass is 244 g/mol. The lowest BCUT2D eigenvalue weighted by atomic mass is 10.0. The molecule has 0 unspecified atom stereocenters. The van der Waals surface area contributed by atoms with Gasteiger partial charge in [0.05, 0.1) is 0 Å². The molecule has 1 heterocycles. The molecule has 1 rings (SSSR count). The molecule has 0 spiro atoms. The third-order valence-electron chi connectivity index (χ3n) is 2.35. The molecule has 1 fully saturated rings. The first-order valence-corrected chi connectivity index (χ1v) is 5.98. The molecule has 0 aromatic rings. The fourth-order valence-electron chi connectivity index (χ4n) is 1.41. The van der Waals surface area contributed by atoms with E-state index in [0.29, 0.717) is 25.9 Å². The fraction of sp³-hybridized carbons (Fsp3) is 1.00. The predicted molar refractivity (Wildman–Crippen MR) is 51.2 cm³/mol. The molecular formula is C6H12BF3N2O2S. The summed E-state index contributed by atoms with van der Waals surface area (Å²) in [5.74, 6) is 0. The van der Waals surface area contributed by atoms with Gasteiger partial charge in [-0.25, -0.2) is 13.1 Å². The summed E-state index contributed by atoms with van der Waals surface area (Å²) < 4.78 is 59.2. The van der Waals surface area contributed by atoms with Gasteiger partial charge < -0.3 is 4.81 Å². The second-order valence-electron chi connectivity index (χ2n) is 3.64. The Labute approximate surface area is 87.3 Å². The van der Waals surface area contributed by atoms with E-state index in [1.807, 2.05) is 12.8 Å². The van der Waals surface area contributed by atoms with Crippen molar-refractivity contribution in [2.45, 2.75) is 24.4 Å². The lowest BCUT2D eigenvalue weighted by Gasteiger charge is -2.29. The van der Waals surface area contributed by atoms with Gasteiger partial charge in [-0.2, -0.15) is 13.2 Å². The van der Waals surface area contributed by atoms with Gasteiger partial charge in [0, 0.05) is 6.04 Å². The van der Waals surface area contributed by atoms with Gasteiger partial charge in [0.1, 0.15) is 0 Å². The number of sulfonamides is 1. The fourth-order valence-corrected chi connectivity index (χ4v) is 2.22. The Morgan fingerprint density at radius 2 is 1.73 bits per heavy atom. The molecule has 1 N–H and O–H groups in total. The first-order chi connectivity index (χ1) is 6.72. The van der Waals surface area contributed by atoms with Crippen molar-refractivity contribution in [1.82, 2.24) is 9.53 Å². The summed E-state index contributed by atoms with van der Waals surface area (Å²) in [6, 6.07) is -0.604. The zero-order valence-corrected chi connectivity index (χ0v) is 9.03. The van der Waals surface area contributed by atoms with E-state index >= 15 is 0 Å². The maximum atomic E-state index is 12.0. The quantitative estimate of drug-likeness (QED) is 0.662. The zero-order valence-electron chi connectivity index (χ0n) is 8.21. The number of nitrogens with one attached hydrogen (secondary N) is 1. The highest BCUT2D eigenvalue weighted by atomic mass is 32.2. The van der Waals surface area contributed by atoms with Crippen molar-refractivity contribution in [2.24, 2.45) is 0 Å². The van der Waals surface area contributed by atoms with E-state index in [1.54, 1.807) is 4.72 Å². The van der Waals surface area contributed by atoms with Crippen LogP contribution in [0.2, 0.25) is 0 Å². The Hall–Kier alpha value is -0.275. The van der Waals surface area contributed by atoms with Crippen LogP contribution in [-0.2, 0) is 10.0 Å². The Bertz CT molecular complexity index is 311. The molecule has 1 aliphatic rings. The maximum absolute atomic E-state index is 12.0. The van der Waals surface area contributed by atoms with Crippen molar-refractivity contribution in [1.29, 1.82) is 0 Å².